The van der Waals surface area contributed by atoms with Gasteiger partial charge in [0.25, 0.3) is 0 Å². The zero-order chi connectivity index (χ0) is 9.84. The molecule has 1 rings (SSSR count). The first-order chi connectivity index (χ1) is 6.15. The van der Waals surface area contributed by atoms with E-state index in [9.17, 15) is 4.79 Å². The summed E-state index contributed by atoms with van der Waals surface area (Å²) < 4.78 is 0. The second kappa shape index (κ2) is 4.61. The summed E-state index contributed by atoms with van der Waals surface area (Å²) in [5.41, 5.74) is 5.08. The third-order valence-electron chi connectivity index (χ3n) is 3.29. The van der Waals surface area contributed by atoms with Crippen LogP contribution in [0.3, 0.4) is 0 Å². The Bertz CT molecular complexity index is 182. The van der Waals surface area contributed by atoms with E-state index < -0.39 is 0 Å². The Balaban J connectivity index is 2.32. The van der Waals surface area contributed by atoms with Gasteiger partial charge in [0.1, 0.15) is 0 Å². The van der Waals surface area contributed by atoms with E-state index in [0.29, 0.717) is 18.5 Å². The summed E-state index contributed by atoms with van der Waals surface area (Å²) in [4.78, 5) is 10.6. The Kier molecular flexibility index (Phi) is 3.72. The topological polar surface area (TPSA) is 55.1 Å². The van der Waals surface area contributed by atoms with Crippen molar-refractivity contribution in [1.29, 1.82) is 0 Å². The minimum absolute atomic E-state index is 0.257. The maximum atomic E-state index is 10.6. The second-order valence-electron chi connectivity index (χ2n) is 4.06. The fourth-order valence-electron chi connectivity index (χ4n) is 2.34. The Morgan fingerprint density at radius 2 is 2.23 bits per heavy atom. The van der Waals surface area contributed by atoms with Gasteiger partial charge in [0.05, 0.1) is 6.54 Å². The zero-order valence-corrected chi connectivity index (χ0v) is 8.55. The van der Waals surface area contributed by atoms with Gasteiger partial charge in [-0.25, -0.2) is 0 Å². The molecule has 0 aromatic heterocycles. The van der Waals surface area contributed by atoms with E-state index in [1.54, 1.807) is 0 Å². The van der Waals surface area contributed by atoms with E-state index >= 15 is 0 Å². The molecule has 1 aliphatic rings. The lowest BCUT2D eigenvalue weighted by molar-refractivity contribution is -0.117. The zero-order valence-electron chi connectivity index (χ0n) is 8.55. The standard InChI is InChI=1S/C10H20N2O/c1-3-8-4-5-9(7(8)2)12-6-10(11)13/h7-9,12H,3-6H2,1-2H3,(H2,11,13). The molecule has 0 radical (unpaired) electrons. The first kappa shape index (κ1) is 10.5. The Hall–Kier alpha value is -0.570. The highest BCUT2D eigenvalue weighted by Gasteiger charge is 2.30. The van der Waals surface area contributed by atoms with Crippen LogP contribution < -0.4 is 11.1 Å². The molecule has 1 saturated carbocycles. The first-order valence-corrected chi connectivity index (χ1v) is 5.16. The maximum absolute atomic E-state index is 10.6. The molecule has 1 amide bonds. The van der Waals surface area contributed by atoms with Crippen molar-refractivity contribution in [3.8, 4) is 0 Å². The number of carbonyl (C=O) groups excluding carboxylic acids is 1. The van der Waals surface area contributed by atoms with E-state index in [1.807, 2.05) is 0 Å². The summed E-state index contributed by atoms with van der Waals surface area (Å²) in [6, 6.07) is 0.498. The molecule has 3 atom stereocenters. The lowest BCUT2D eigenvalue weighted by Crippen LogP contribution is -2.38. The van der Waals surface area contributed by atoms with Gasteiger partial charge < -0.3 is 11.1 Å². The number of primary amides is 1. The van der Waals surface area contributed by atoms with E-state index in [0.717, 1.165) is 5.92 Å². The maximum Gasteiger partial charge on any atom is 0.231 e. The van der Waals surface area contributed by atoms with Crippen LogP contribution in [0.15, 0.2) is 0 Å². The van der Waals surface area contributed by atoms with Crippen molar-refractivity contribution < 1.29 is 4.79 Å². The van der Waals surface area contributed by atoms with Crippen LogP contribution in [0, 0.1) is 11.8 Å². The van der Waals surface area contributed by atoms with Crippen LogP contribution in [0.5, 0.6) is 0 Å². The molecule has 0 spiro atoms. The SMILES string of the molecule is CCC1CCC(NCC(N)=O)C1C. The molecule has 0 heterocycles. The summed E-state index contributed by atoms with van der Waals surface area (Å²) in [6.07, 6.45) is 3.72. The largest absolute Gasteiger partial charge is 0.369 e. The van der Waals surface area contributed by atoms with Gasteiger partial charge >= 0.3 is 0 Å². The van der Waals surface area contributed by atoms with Gasteiger partial charge in [-0.2, -0.15) is 0 Å². The van der Waals surface area contributed by atoms with Crippen molar-refractivity contribution in [2.24, 2.45) is 17.6 Å². The van der Waals surface area contributed by atoms with E-state index in [1.165, 1.54) is 19.3 Å². The molecule has 3 nitrogen and oxygen atoms in total. The van der Waals surface area contributed by atoms with Crippen LogP contribution in [0.2, 0.25) is 0 Å². The molecule has 0 aliphatic heterocycles. The van der Waals surface area contributed by atoms with Crippen LogP contribution in [0.25, 0.3) is 0 Å². The first-order valence-electron chi connectivity index (χ1n) is 5.16. The number of hydrogen-bond acceptors (Lipinski definition) is 2. The molecule has 0 aromatic rings. The highest BCUT2D eigenvalue weighted by Crippen LogP contribution is 2.33. The van der Waals surface area contributed by atoms with Crippen LogP contribution >= 0.6 is 0 Å². The van der Waals surface area contributed by atoms with Crippen molar-refractivity contribution >= 4 is 5.91 Å². The van der Waals surface area contributed by atoms with Crippen LogP contribution in [-0.4, -0.2) is 18.5 Å². The summed E-state index contributed by atoms with van der Waals surface area (Å²) >= 11 is 0. The summed E-state index contributed by atoms with van der Waals surface area (Å²) in [7, 11) is 0. The quantitative estimate of drug-likeness (QED) is 0.681. The Labute approximate surface area is 80.1 Å². The molecule has 3 heteroatoms. The van der Waals surface area contributed by atoms with Crippen LogP contribution in [0.4, 0.5) is 0 Å². The van der Waals surface area contributed by atoms with Crippen molar-refractivity contribution in [1.82, 2.24) is 5.32 Å². The monoisotopic (exact) mass is 184 g/mol. The van der Waals surface area contributed by atoms with Crippen LogP contribution in [-0.2, 0) is 4.79 Å². The molecule has 0 saturated heterocycles. The molecule has 0 bridgehead atoms. The Morgan fingerprint density at radius 1 is 1.54 bits per heavy atom. The normalized spacial score (nSPS) is 33.5. The van der Waals surface area contributed by atoms with E-state index in [-0.39, 0.29) is 5.91 Å². The average Bonchev–Trinajstić information content (AvgIpc) is 2.43. The molecule has 1 fully saturated rings. The van der Waals surface area contributed by atoms with Gasteiger partial charge in [0.15, 0.2) is 0 Å². The number of rotatable bonds is 4. The summed E-state index contributed by atoms with van der Waals surface area (Å²) in [5.74, 6) is 1.25. The second-order valence-corrected chi connectivity index (χ2v) is 4.06. The number of nitrogens with one attached hydrogen (secondary N) is 1. The highest BCUT2D eigenvalue weighted by atomic mass is 16.1. The third kappa shape index (κ3) is 2.69. The van der Waals surface area contributed by atoms with Crippen molar-refractivity contribution in [2.45, 2.75) is 39.2 Å². The molecule has 76 valence electrons. The van der Waals surface area contributed by atoms with Gasteiger partial charge in [-0.05, 0) is 24.7 Å². The van der Waals surface area contributed by atoms with E-state index in [2.05, 4.69) is 19.2 Å². The fraction of sp³-hybridized carbons (Fsp3) is 0.900. The van der Waals surface area contributed by atoms with Gasteiger partial charge in [-0.3, -0.25) is 4.79 Å². The molecule has 3 unspecified atom stereocenters. The van der Waals surface area contributed by atoms with E-state index in [4.69, 9.17) is 5.73 Å². The van der Waals surface area contributed by atoms with Crippen molar-refractivity contribution in [2.75, 3.05) is 6.54 Å². The summed E-state index contributed by atoms with van der Waals surface area (Å²) in [6.45, 7) is 4.82. The molecular weight excluding hydrogens is 164 g/mol. The van der Waals surface area contributed by atoms with Gasteiger partial charge in [-0.1, -0.05) is 20.3 Å². The van der Waals surface area contributed by atoms with Crippen molar-refractivity contribution in [3.63, 3.8) is 0 Å². The third-order valence-corrected chi connectivity index (χ3v) is 3.29. The number of hydrogen-bond donors (Lipinski definition) is 2. The molecule has 13 heavy (non-hydrogen) atoms. The Morgan fingerprint density at radius 3 is 2.69 bits per heavy atom. The van der Waals surface area contributed by atoms with Gasteiger partial charge in [0, 0.05) is 6.04 Å². The lowest BCUT2D eigenvalue weighted by Gasteiger charge is -2.20. The lowest BCUT2D eigenvalue weighted by atomic mass is 9.93. The minimum Gasteiger partial charge on any atom is -0.369 e. The van der Waals surface area contributed by atoms with Gasteiger partial charge in [0.2, 0.25) is 5.91 Å². The molecule has 0 aromatic carbocycles. The van der Waals surface area contributed by atoms with Crippen molar-refractivity contribution in [3.05, 3.63) is 0 Å². The molecule has 1 aliphatic carbocycles. The number of amides is 1. The van der Waals surface area contributed by atoms with Crippen LogP contribution in [0.1, 0.15) is 33.1 Å². The molecule has 3 N–H and O–H groups in total. The minimum atomic E-state index is -0.257. The predicted molar refractivity (Wildman–Crippen MR) is 53.2 cm³/mol. The fourth-order valence-corrected chi connectivity index (χ4v) is 2.34. The highest BCUT2D eigenvalue weighted by molar-refractivity contribution is 5.75. The van der Waals surface area contributed by atoms with Gasteiger partial charge in [-0.15, -0.1) is 0 Å². The predicted octanol–water partition coefficient (Wildman–Crippen LogP) is 0.886. The smallest absolute Gasteiger partial charge is 0.231 e. The number of nitrogens with two attached hydrogens (primary N) is 1. The average molecular weight is 184 g/mol. The molecular formula is C10H20N2O. The summed E-state index contributed by atoms with van der Waals surface area (Å²) in [5, 5.41) is 3.22. The number of carbonyl (C=O) groups is 1.